The van der Waals surface area contributed by atoms with E-state index in [-0.39, 0.29) is 30.3 Å². The SMILES string of the molecule is O=C(NCc1ccc(F)c(CO)c1)c1cnccn1. The van der Waals surface area contributed by atoms with Crippen LogP contribution in [-0.2, 0) is 13.2 Å². The van der Waals surface area contributed by atoms with E-state index in [1.165, 1.54) is 30.7 Å². The molecule has 0 atom stereocenters. The first-order valence-electron chi connectivity index (χ1n) is 5.63. The molecule has 98 valence electrons. The Bertz CT molecular complexity index is 575. The summed E-state index contributed by atoms with van der Waals surface area (Å²) in [6.07, 6.45) is 4.26. The van der Waals surface area contributed by atoms with Gasteiger partial charge in [0.25, 0.3) is 5.91 Å². The van der Waals surface area contributed by atoms with E-state index >= 15 is 0 Å². The van der Waals surface area contributed by atoms with Gasteiger partial charge in [-0.05, 0) is 17.7 Å². The van der Waals surface area contributed by atoms with E-state index in [0.717, 1.165) is 0 Å². The number of nitrogens with zero attached hydrogens (tertiary/aromatic N) is 2. The van der Waals surface area contributed by atoms with Crippen molar-refractivity contribution in [2.75, 3.05) is 0 Å². The van der Waals surface area contributed by atoms with Crippen LogP contribution in [-0.4, -0.2) is 21.0 Å². The second-order valence-corrected chi connectivity index (χ2v) is 3.86. The van der Waals surface area contributed by atoms with Crippen LogP contribution >= 0.6 is 0 Å². The van der Waals surface area contributed by atoms with Gasteiger partial charge in [0.2, 0.25) is 0 Å². The molecule has 19 heavy (non-hydrogen) atoms. The average molecular weight is 261 g/mol. The van der Waals surface area contributed by atoms with Gasteiger partial charge in [-0.15, -0.1) is 0 Å². The zero-order valence-corrected chi connectivity index (χ0v) is 10.0. The number of amides is 1. The average Bonchev–Trinajstić information content (AvgIpc) is 2.47. The molecule has 0 bridgehead atoms. The number of aliphatic hydroxyl groups excluding tert-OH is 1. The number of nitrogens with one attached hydrogen (secondary N) is 1. The van der Waals surface area contributed by atoms with Crippen molar-refractivity contribution in [1.29, 1.82) is 0 Å². The summed E-state index contributed by atoms with van der Waals surface area (Å²) < 4.78 is 13.2. The van der Waals surface area contributed by atoms with Crippen molar-refractivity contribution in [3.8, 4) is 0 Å². The van der Waals surface area contributed by atoms with E-state index in [1.54, 1.807) is 6.07 Å². The molecule has 0 saturated heterocycles. The van der Waals surface area contributed by atoms with Crippen LogP contribution in [0.4, 0.5) is 4.39 Å². The van der Waals surface area contributed by atoms with Crippen LogP contribution in [0.5, 0.6) is 0 Å². The van der Waals surface area contributed by atoms with Gasteiger partial charge in [0.15, 0.2) is 0 Å². The first-order chi connectivity index (χ1) is 9.20. The Balaban J connectivity index is 2.01. The van der Waals surface area contributed by atoms with Crippen LogP contribution < -0.4 is 5.32 Å². The van der Waals surface area contributed by atoms with Crippen molar-refractivity contribution in [3.05, 3.63) is 59.4 Å². The van der Waals surface area contributed by atoms with Crippen molar-refractivity contribution in [2.45, 2.75) is 13.2 Å². The summed E-state index contributed by atoms with van der Waals surface area (Å²) in [4.78, 5) is 19.4. The first kappa shape index (κ1) is 13.1. The number of hydrogen-bond donors (Lipinski definition) is 2. The Morgan fingerprint density at radius 3 is 2.89 bits per heavy atom. The molecule has 1 heterocycles. The van der Waals surface area contributed by atoms with Crippen molar-refractivity contribution in [2.24, 2.45) is 0 Å². The van der Waals surface area contributed by atoms with Crippen LogP contribution in [0.25, 0.3) is 0 Å². The monoisotopic (exact) mass is 261 g/mol. The first-order valence-corrected chi connectivity index (χ1v) is 5.63. The predicted octanol–water partition coefficient (Wildman–Crippen LogP) is 1.04. The minimum absolute atomic E-state index is 0.200. The minimum atomic E-state index is -0.466. The zero-order valence-electron chi connectivity index (χ0n) is 10.0. The molecule has 0 radical (unpaired) electrons. The fourth-order valence-electron chi connectivity index (χ4n) is 1.55. The molecule has 5 nitrogen and oxygen atoms in total. The van der Waals surface area contributed by atoms with Crippen LogP contribution in [0.3, 0.4) is 0 Å². The standard InChI is InChI=1S/C13H12FN3O2/c14-11-2-1-9(5-10(11)8-18)6-17-13(19)12-7-15-3-4-16-12/h1-5,7,18H,6,8H2,(H,17,19). The smallest absolute Gasteiger partial charge is 0.271 e. The van der Waals surface area contributed by atoms with Gasteiger partial charge in [-0.3, -0.25) is 9.78 Å². The molecular weight excluding hydrogens is 249 g/mol. The lowest BCUT2D eigenvalue weighted by molar-refractivity contribution is 0.0945. The maximum absolute atomic E-state index is 13.2. The Kier molecular flexibility index (Phi) is 4.15. The number of hydrogen-bond acceptors (Lipinski definition) is 4. The van der Waals surface area contributed by atoms with E-state index in [4.69, 9.17) is 5.11 Å². The zero-order chi connectivity index (χ0) is 13.7. The summed E-state index contributed by atoms with van der Waals surface area (Å²) in [6.45, 7) is -0.152. The molecule has 1 aromatic heterocycles. The molecule has 0 aliphatic carbocycles. The second-order valence-electron chi connectivity index (χ2n) is 3.86. The van der Waals surface area contributed by atoms with E-state index in [0.29, 0.717) is 5.56 Å². The molecule has 0 unspecified atom stereocenters. The summed E-state index contributed by atoms with van der Waals surface area (Å²) in [6, 6.07) is 4.31. The van der Waals surface area contributed by atoms with Gasteiger partial charge < -0.3 is 10.4 Å². The fourth-order valence-corrected chi connectivity index (χ4v) is 1.55. The molecule has 0 aliphatic rings. The lowest BCUT2D eigenvalue weighted by Gasteiger charge is -2.06. The van der Waals surface area contributed by atoms with E-state index in [2.05, 4.69) is 15.3 Å². The summed E-state index contributed by atoms with van der Waals surface area (Å²) in [5.41, 5.74) is 1.11. The minimum Gasteiger partial charge on any atom is -0.392 e. The lowest BCUT2D eigenvalue weighted by Crippen LogP contribution is -2.24. The summed E-state index contributed by atoms with van der Waals surface area (Å²) >= 11 is 0. The van der Waals surface area contributed by atoms with Gasteiger partial charge in [-0.25, -0.2) is 9.37 Å². The van der Waals surface area contributed by atoms with Crippen LogP contribution in [0.15, 0.2) is 36.8 Å². The third kappa shape index (κ3) is 3.32. The van der Waals surface area contributed by atoms with Crippen molar-refractivity contribution in [1.82, 2.24) is 15.3 Å². The Morgan fingerprint density at radius 1 is 1.37 bits per heavy atom. The van der Waals surface area contributed by atoms with Gasteiger partial charge in [-0.2, -0.15) is 0 Å². The van der Waals surface area contributed by atoms with Gasteiger partial charge in [0, 0.05) is 24.5 Å². The Morgan fingerprint density at radius 2 is 2.21 bits per heavy atom. The molecule has 2 aromatic rings. The van der Waals surface area contributed by atoms with Gasteiger partial charge >= 0.3 is 0 Å². The number of halogens is 1. The lowest BCUT2D eigenvalue weighted by atomic mass is 10.1. The molecule has 2 rings (SSSR count). The molecule has 0 saturated carbocycles. The topological polar surface area (TPSA) is 75.1 Å². The molecule has 2 N–H and O–H groups in total. The van der Waals surface area contributed by atoms with Gasteiger partial charge in [-0.1, -0.05) is 6.07 Å². The molecule has 1 aromatic carbocycles. The number of aliphatic hydroxyl groups is 1. The second kappa shape index (κ2) is 6.01. The third-order valence-electron chi connectivity index (χ3n) is 2.53. The quantitative estimate of drug-likeness (QED) is 0.862. The number of carbonyl (C=O) groups excluding carboxylic acids is 1. The largest absolute Gasteiger partial charge is 0.392 e. The third-order valence-corrected chi connectivity index (χ3v) is 2.53. The van der Waals surface area contributed by atoms with Crippen LogP contribution in [0, 0.1) is 5.82 Å². The normalized spacial score (nSPS) is 10.2. The molecule has 0 fully saturated rings. The van der Waals surface area contributed by atoms with Gasteiger partial charge in [0.05, 0.1) is 12.8 Å². The van der Waals surface area contributed by atoms with Crippen molar-refractivity contribution < 1.29 is 14.3 Å². The molecule has 0 aliphatic heterocycles. The highest BCUT2D eigenvalue weighted by Crippen LogP contribution is 2.10. The maximum atomic E-state index is 13.2. The maximum Gasteiger partial charge on any atom is 0.271 e. The highest BCUT2D eigenvalue weighted by molar-refractivity contribution is 5.91. The number of aromatic nitrogens is 2. The van der Waals surface area contributed by atoms with E-state index < -0.39 is 5.82 Å². The van der Waals surface area contributed by atoms with Crippen LogP contribution in [0.1, 0.15) is 21.6 Å². The summed E-state index contributed by atoms with van der Waals surface area (Å²) in [5, 5.41) is 11.6. The van der Waals surface area contributed by atoms with Crippen molar-refractivity contribution in [3.63, 3.8) is 0 Å². The molecular formula is C13H12FN3O2. The molecule has 1 amide bonds. The number of rotatable bonds is 4. The Labute approximate surface area is 109 Å². The number of carbonyl (C=O) groups is 1. The van der Waals surface area contributed by atoms with E-state index in [9.17, 15) is 9.18 Å². The summed E-state index contributed by atoms with van der Waals surface area (Å²) in [5.74, 6) is -0.825. The summed E-state index contributed by atoms with van der Waals surface area (Å²) in [7, 11) is 0. The Hall–Kier alpha value is -2.34. The van der Waals surface area contributed by atoms with Gasteiger partial charge in [0.1, 0.15) is 11.5 Å². The molecule has 0 spiro atoms. The van der Waals surface area contributed by atoms with Crippen molar-refractivity contribution >= 4 is 5.91 Å². The molecule has 6 heteroatoms. The number of benzene rings is 1. The van der Waals surface area contributed by atoms with Crippen LogP contribution in [0.2, 0.25) is 0 Å². The highest BCUT2D eigenvalue weighted by Gasteiger charge is 2.07. The predicted molar refractivity (Wildman–Crippen MR) is 65.5 cm³/mol. The fraction of sp³-hybridized carbons (Fsp3) is 0.154. The highest BCUT2D eigenvalue weighted by atomic mass is 19.1. The van der Waals surface area contributed by atoms with E-state index in [1.807, 2.05) is 0 Å².